The zero-order valence-corrected chi connectivity index (χ0v) is 16.1. The molecule has 0 amide bonds. The number of carbonyl (C=O) groups excluding carboxylic acids is 1. The van der Waals surface area contributed by atoms with Crippen molar-refractivity contribution < 1.29 is 14.3 Å². The van der Waals surface area contributed by atoms with Crippen LogP contribution in [0.4, 0.5) is 5.69 Å². The number of carbonyl (C=O) groups is 1. The largest absolute Gasteiger partial charge is 0.497 e. The number of benzene rings is 2. The van der Waals surface area contributed by atoms with Gasteiger partial charge in [0.25, 0.3) is 0 Å². The molecule has 0 radical (unpaired) electrons. The molecule has 2 aromatic carbocycles. The summed E-state index contributed by atoms with van der Waals surface area (Å²) in [6, 6.07) is 16.5. The Morgan fingerprint density at radius 2 is 1.86 bits per heavy atom. The predicted octanol–water partition coefficient (Wildman–Crippen LogP) is 4.58. The van der Waals surface area contributed by atoms with Crippen LogP contribution in [-0.4, -0.2) is 25.2 Å². The Bertz CT molecular complexity index is 1030. The summed E-state index contributed by atoms with van der Waals surface area (Å²) in [7, 11) is 2.96. The van der Waals surface area contributed by atoms with Crippen LogP contribution in [0.3, 0.4) is 0 Å². The molecule has 0 aliphatic carbocycles. The molecule has 0 unspecified atom stereocenters. The van der Waals surface area contributed by atoms with Gasteiger partial charge in [-0.05, 0) is 48.5 Å². The third-order valence-corrected chi connectivity index (χ3v) is 4.81. The van der Waals surface area contributed by atoms with E-state index in [2.05, 4.69) is 21.1 Å². The molecule has 0 saturated carbocycles. The maximum absolute atomic E-state index is 11.5. The number of aromatic nitrogens is 1. The van der Waals surface area contributed by atoms with Crippen molar-refractivity contribution >= 4 is 28.6 Å². The first-order valence-corrected chi connectivity index (χ1v) is 9.18. The fraction of sp³-hybridized carbons (Fsp3) is 0.0952. The first kappa shape index (κ1) is 19.1. The second-order valence-electron chi connectivity index (χ2n) is 5.65. The van der Waals surface area contributed by atoms with Gasteiger partial charge < -0.3 is 14.8 Å². The van der Waals surface area contributed by atoms with E-state index in [4.69, 9.17) is 4.74 Å². The quantitative estimate of drug-likeness (QED) is 0.489. The molecule has 7 heteroatoms. The van der Waals surface area contributed by atoms with Crippen LogP contribution in [0, 0.1) is 11.3 Å². The molecule has 3 rings (SSSR count). The molecule has 1 N–H and O–H groups in total. The zero-order chi connectivity index (χ0) is 19.9. The lowest BCUT2D eigenvalue weighted by Crippen LogP contribution is -2.00. The van der Waals surface area contributed by atoms with Crippen LogP contribution >= 0.6 is 11.3 Å². The fourth-order valence-corrected chi connectivity index (χ4v) is 3.20. The molecule has 0 atom stereocenters. The lowest BCUT2D eigenvalue weighted by molar-refractivity contribution is 0.0601. The number of methoxy groups -OCH3 is 2. The van der Waals surface area contributed by atoms with E-state index in [0.29, 0.717) is 16.1 Å². The average molecular weight is 391 g/mol. The predicted molar refractivity (Wildman–Crippen MR) is 109 cm³/mol. The minimum Gasteiger partial charge on any atom is -0.497 e. The number of hydrogen-bond acceptors (Lipinski definition) is 7. The van der Waals surface area contributed by atoms with Gasteiger partial charge in [-0.1, -0.05) is 0 Å². The molecule has 6 nitrogen and oxygen atoms in total. The number of anilines is 1. The van der Waals surface area contributed by atoms with Crippen molar-refractivity contribution in [3.8, 4) is 23.1 Å². The Labute approximate surface area is 166 Å². The number of nitrogens with one attached hydrogen (secondary N) is 1. The number of nitrogens with zero attached hydrogens (tertiary/aromatic N) is 2. The summed E-state index contributed by atoms with van der Waals surface area (Å²) in [5, 5.41) is 15.1. The highest BCUT2D eigenvalue weighted by atomic mass is 32.1. The third kappa shape index (κ3) is 4.37. The smallest absolute Gasteiger partial charge is 0.337 e. The SMILES string of the molecule is COC(=O)c1ccc(N/C=C(\C#N)c2nc(-c3ccc(OC)cc3)cs2)cc1. The number of hydrogen-bond donors (Lipinski definition) is 1. The molecular weight excluding hydrogens is 374 g/mol. The lowest BCUT2D eigenvalue weighted by atomic mass is 10.2. The Morgan fingerprint density at radius 3 is 2.46 bits per heavy atom. The summed E-state index contributed by atoms with van der Waals surface area (Å²) in [5.74, 6) is 0.382. The van der Waals surface area contributed by atoms with Crippen molar-refractivity contribution in [1.82, 2.24) is 4.98 Å². The molecular formula is C21H17N3O3S. The number of ether oxygens (including phenoxy) is 2. The molecule has 28 heavy (non-hydrogen) atoms. The zero-order valence-electron chi connectivity index (χ0n) is 15.3. The van der Waals surface area contributed by atoms with Crippen LogP contribution in [0.5, 0.6) is 5.75 Å². The summed E-state index contributed by atoms with van der Waals surface area (Å²) in [4.78, 5) is 16.0. The first-order chi connectivity index (χ1) is 13.6. The highest BCUT2D eigenvalue weighted by Crippen LogP contribution is 2.27. The number of rotatable bonds is 6. The molecule has 0 bridgehead atoms. The molecule has 1 aromatic heterocycles. The topological polar surface area (TPSA) is 84.2 Å². The van der Waals surface area contributed by atoms with Crippen LogP contribution in [0.1, 0.15) is 15.4 Å². The van der Waals surface area contributed by atoms with Crippen LogP contribution < -0.4 is 10.1 Å². The van der Waals surface area contributed by atoms with Gasteiger partial charge in [0.15, 0.2) is 0 Å². The Morgan fingerprint density at radius 1 is 1.14 bits per heavy atom. The van der Waals surface area contributed by atoms with Crippen molar-refractivity contribution in [2.24, 2.45) is 0 Å². The van der Waals surface area contributed by atoms with E-state index in [0.717, 1.165) is 22.7 Å². The van der Waals surface area contributed by atoms with Crippen LogP contribution in [0.15, 0.2) is 60.1 Å². The number of nitriles is 1. The molecule has 0 spiro atoms. The van der Waals surface area contributed by atoms with Gasteiger partial charge in [-0.2, -0.15) is 5.26 Å². The molecule has 0 aliphatic heterocycles. The fourth-order valence-electron chi connectivity index (χ4n) is 2.41. The summed E-state index contributed by atoms with van der Waals surface area (Å²) in [6.45, 7) is 0. The third-order valence-electron chi connectivity index (χ3n) is 3.93. The van der Waals surface area contributed by atoms with E-state index >= 15 is 0 Å². The van der Waals surface area contributed by atoms with Gasteiger partial charge in [0.2, 0.25) is 0 Å². The monoisotopic (exact) mass is 391 g/mol. The molecule has 140 valence electrons. The first-order valence-electron chi connectivity index (χ1n) is 8.30. The van der Waals surface area contributed by atoms with Gasteiger partial charge in [0, 0.05) is 22.8 Å². The summed E-state index contributed by atoms with van der Waals surface area (Å²) in [6.07, 6.45) is 1.60. The van der Waals surface area contributed by atoms with Gasteiger partial charge >= 0.3 is 5.97 Å². The standard InChI is InChI=1S/C21H17N3O3S/c1-26-18-9-5-14(6-10-18)19-13-28-20(24-19)16(11-22)12-23-17-7-3-15(4-8-17)21(25)27-2/h3-10,12-13,23H,1-2H3/b16-12+. The van der Waals surface area contributed by atoms with E-state index in [-0.39, 0.29) is 0 Å². The van der Waals surface area contributed by atoms with Crippen molar-refractivity contribution in [3.63, 3.8) is 0 Å². The maximum Gasteiger partial charge on any atom is 0.337 e. The van der Waals surface area contributed by atoms with Gasteiger partial charge in [0.05, 0.1) is 25.5 Å². The van der Waals surface area contributed by atoms with Crippen molar-refractivity contribution in [1.29, 1.82) is 5.26 Å². The molecule has 1 heterocycles. The average Bonchev–Trinajstić information content (AvgIpc) is 3.24. The highest BCUT2D eigenvalue weighted by molar-refractivity contribution is 7.11. The minimum absolute atomic E-state index is 0.395. The summed E-state index contributed by atoms with van der Waals surface area (Å²) < 4.78 is 9.84. The van der Waals surface area contributed by atoms with Gasteiger partial charge in [0.1, 0.15) is 22.4 Å². The van der Waals surface area contributed by atoms with E-state index in [9.17, 15) is 10.1 Å². The Balaban J connectivity index is 1.75. The summed E-state index contributed by atoms with van der Waals surface area (Å²) >= 11 is 1.40. The maximum atomic E-state index is 11.5. The van der Waals surface area contributed by atoms with Crippen molar-refractivity contribution in [2.75, 3.05) is 19.5 Å². The van der Waals surface area contributed by atoms with Crippen molar-refractivity contribution in [2.45, 2.75) is 0 Å². The second-order valence-corrected chi connectivity index (χ2v) is 6.51. The summed E-state index contributed by atoms with van der Waals surface area (Å²) in [5.41, 5.74) is 3.37. The normalized spacial score (nSPS) is 10.8. The molecule has 0 aliphatic rings. The van der Waals surface area contributed by atoms with Gasteiger partial charge in [-0.3, -0.25) is 0 Å². The molecule has 0 saturated heterocycles. The van der Waals surface area contributed by atoms with Crippen LogP contribution in [0.2, 0.25) is 0 Å². The lowest BCUT2D eigenvalue weighted by Gasteiger charge is -2.03. The van der Waals surface area contributed by atoms with Crippen LogP contribution in [-0.2, 0) is 4.74 Å². The number of thiazole rings is 1. The van der Waals surface area contributed by atoms with E-state index in [1.165, 1.54) is 18.4 Å². The van der Waals surface area contributed by atoms with Gasteiger partial charge in [-0.25, -0.2) is 9.78 Å². The van der Waals surface area contributed by atoms with Crippen molar-refractivity contribution in [3.05, 3.63) is 70.7 Å². The minimum atomic E-state index is -0.395. The Kier molecular flexibility index (Phi) is 6.04. The molecule has 0 fully saturated rings. The number of allylic oxidation sites excluding steroid dienone is 1. The number of esters is 1. The second kappa shape index (κ2) is 8.84. The van der Waals surface area contributed by atoms with E-state index in [1.54, 1.807) is 37.6 Å². The van der Waals surface area contributed by atoms with E-state index < -0.39 is 5.97 Å². The van der Waals surface area contributed by atoms with Crippen LogP contribution in [0.25, 0.3) is 16.8 Å². The molecule has 3 aromatic rings. The highest BCUT2D eigenvalue weighted by Gasteiger charge is 2.09. The Hall–Kier alpha value is -3.63. The van der Waals surface area contributed by atoms with E-state index in [1.807, 2.05) is 29.6 Å². The van der Waals surface area contributed by atoms with Gasteiger partial charge in [-0.15, -0.1) is 11.3 Å².